The number of rotatable bonds is 3. The summed E-state index contributed by atoms with van der Waals surface area (Å²) in [5.74, 6) is 0. The van der Waals surface area contributed by atoms with Crippen molar-refractivity contribution in [2.24, 2.45) is 0 Å². The molecule has 1 N–H and O–H groups in total. The van der Waals surface area contributed by atoms with Crippen molar-refractivity contribution in [3.8, 4) is 0 Å². The molecule has 0 aromatic heterocycles. The standard InChI is InChI=1S/C8H18N2S.C2H6/c1-3-10(2)6-7-8(11)4-5-9-7;1-2/h7-9,11H,3-6H2,1-2H3;1-2H3. The molecule has 0 aliphatic carbocycles. The summed E-state index contributed by atoms with van der Waals surface area (Å²) in [6, 6.07) is 0.600. The highest BCUT2D eigenvalue weighted by Gasteiger charge is 2.23. The Morgan fingerprint density at radius 1 is 1.46 bits per heavy atom. The van der Waals surface area contributed by atoms with E-state index < -0.39 is 0 Å². The molecule has 1 saturated heterocycles. The summed E-state index contributed by atoms with van der Waals surface area (Å²) < 4.78 is 0. The fourth-order valence-electron chi connectivity index (χ4n) is 1.40. The molecule has 0 saturated carbocycles. The molecule has 0 amide bonds. The summed E-state index contributed by atoms with van der Waals surface area (Å²) in [4.78, 5) is 2.33. The zero-order chi connectivity index (χ0) is 10.3. The van der Waals surface area contributed by atoms with Crippen molar-refractivity contribution in [1.82, 2.24) is 10.2 Å². The highest BCUT2D eigenvalue weighted by Crippen LogP contribution is 2.13. The van der Waals surface area contributed by atoms with Crippen molar-refractivity contribution in [2.45, 2.75) is 38.5 Å². The quantitative estimate of drug-likeness (QED) is 0.679. The molecule has 3 heteroatoms. The second-order valence-electron chi connectivity index (χ2n) is 3.27. The summed E-state index contributed by atoms with van der Waals surface area (Å²) in [6.45, 7) is 9.57. The van der Waals surface area contributed by atoms with Crippen LogP contribution in [0.3, 0.4) is 0 Å². The SMILES string of the molecule is CC.CCN(C)CC1NCCC1S. The molecule has 80 valence electrons. The third-order valence-electron chi connectivity index (χ3n) is 2.36. The zero-order valence-electron chi connectivity index (χ0n) is 9.38. The van der Waals surface area contributed by atoms with Crippen LogP contribution in [0.1, 0.15) is 27.2 Å². The minimum absolute atomic E-state index is 0.559. The Bertz CT molecular complexity index is 119. The van der Waals surface area contributed by atoms with E-state index in [1.54, 1.807) is 0 Å². The van der Waals surface area contributed by atoms with Crippen LogP contribution in [0, 0.1) is 0 Å². The molecule has 0 radical (unpaired) electrons. The Labute approximate surface area is 88.5 Å². The Morgan fingerprint density at radius 2 is 2.08 bits per heavy atom. The molecule has 0 aromatic carbocycles. The van der Waals surface area contributed by atoms with Gasteiger partial charge in [0.25, 0.3) is 0 Å². The fourth-order valence-corrected chi connectivity index (χ4v) is 1.73. The van der Waals surface area contributed by atoms with E-state index in [4.69, 9.17) is 0 Å². The maximum atomic E-state index is 4.51. The molecule has 1 rings (SSSR count). The summed E-state index contributed by atoms with van der Waals surface area (Å²) in [5.41, 5.74) is 0. The van der Waals surface area contributed by atoms with Gasteiger partial charge in [0, 0.05) is 17.8 Å². The van der Waals surface area contributed by atoms with Crippen molar-refractivity contribution < 1.29 is 0 Å². The number of thiol groups is 1. The Balaban J connectivity index is 0.000000671. The van der Waals surface area contributed by atoms with Crippen molar-refractivity contribution >= 4 is 12.6 Å². The normalized spacial score (nSPS) is 27.2. The lowest BCUT2D eigenvalue weighted by atomic mass is 10.2. The minimum atomic E-state index is 0.559. The van der Waals surface area contributed by atoms with E-state index in [1.807, 2.05) is 13.8 Å². The maximum absolute atomic E-state index is 4.51. The largest absolute Gasteiger partial charge is 0.312 e. The molecule has 0 spiro atoms. The van der Waals surface area contributed by atoms with Crippen LogP contribution < -0.4 is 5.32 Å². The molecule has 1 fully saturated rings. The molecule has 2 atom stereocenters. The number of hydrogen-bond acceptors (Lipinski definition) is 3. The molecule has 1 aliphatic rings. The fraction of sp³-hybridized carbons (Fsp3) is 1.00. The monoisotopic (exact) mass is 204 g/mol. The summed E-state index contributed by atoms with van der Waals surface area (Å²) in [6.07, 6.45) is 1.21. The van der Waals surface area contributed by atoms with E-state index in [-0.39, 0.29) is 0 Å². The van der Waals surface area contributed by atoms with Gasteiger partial charge >= 0.3 is 0 Å². The van der Waals surface area contributed by atoms with Crippen molar-refractivity contribution in [2.75, 3.05) is 26.7 Å². The molecule has 0 bridgehead atoms. The molecule has 2 nitrogen and oxygen atoms in total. The molecular weight excluding hydrogens is 180 g/mol. The van der Waals surface area contributed by atoms with Crippen LogP contribution in [0.15, 0.2) is 0 Å². The van der Waals surface area contributed by atoms with Gasteiger partial charge in [-0.05, 0) is 26.6 Å². The lowest BCUT2D eigenvalue weighted by Gasteiger charge is -2.21. The van der Waals surface area contributed by atoms with E-state index >= 15 is 0 Å². The first-order valence-corrected chi connectivity index (χ1v) is 5.85. The summed E-state index contributed by atoms with van der Waals surface area (Å²) in [7, 11) is 2.15. The Hall–Kier alpha value is 0.270. The second kappa shape index (κ2) is 7.65. The van der Waals surface area contributed by atoms with Gasteiger partial charge in [-0.25, -0.2) is 0 Å². The van der Waals surface area contributed by atoms with Gasteiger partial charge in [0.05, 0.1) is 0 Å². The van der Waals surface area contributed by atoms with E-state index in [9.17, 15) is 0 Å². The topological polar surface area (TPSA) is 15.3 Å². The van der Waals surface area contributed by atoms with Gasteiger partial charge in [-0.2, -0.15) is 12.6 Å². The average molecular weight is 204 g/mol. The van der Waals surface area contributed by atoms with Crippen LogP contribution in [0.2, 0.25) is 0 Å². The van der Waals surface area contributed by atoms with E-state index in [1.165, 1.54) is 6.42 Å². The molecule has 2 unspecified atom stereocenters. The van der Waals surface area contributed by atoms with Crippen molar-refractivity contribution in [1.29, 1.82) is 0 Å². The first kappa shape index (κ1) is 13.3. The third-order valence-corrected chi connectivity index (χ3v) is 2.98. The number of hydrogen-bond donors (Lipinski definition) is 2. The zero-order valence-corrected chi connectivity index (χ0v) is 10.3. The lowest BCUT2D eigenvalue weighted by Crippen LogP contribution is -2.39. The summed E-state index contributed by atoms with van der Waals surface area (Å²) in [5, 5.41) is 4.01. The van der Waals surface area contributed by atoms with Gasteiger partial charge in [-0.1, -0.05) is 20.8 Å². The van der Waals surface area contributed by atoms with Crippen LogP contribution in [0.4, 0.5) is 0 Å². The van der Waals surface area contributed by atoms with Gasteiger partial charge in [-0.3, -0.25) is 0 Å². The summed E-state index contributed by atoms with van der Waals surface area (Å²) >= 11 is 4.51. The van der Waals surface area contributed by atoms with Crippen LogP contribution >= 0.6 is 12.6 Å². The predicted molar refractivity (Wildman–Crippen MR) is 63.7 cm³/mol. The van der Waals surface area contributed by atoms with Gasteiger partial charge in [-0.15, -0.1) is 0 Å². The highest BCUT2D eigenvalue weighted by atomic mass is 32.1. The van der Waals surface area contributed by atoms with Gasteiger partial charge in [0.1, 0.15) is 0 Å². The van der Waals surface area contributed by atoms with Crippen LogP contribution in [0.25, 0.3) is 0 Å². The number of nitrogens with one attached hydrogen (secondary N) is 1. The smallest absolute Gasteiger partial charge is 0.0311 e. The van der Waals surface area contributed by atoms with E-state index in [0.717, 1.165) is 19.6 Å². The lowest BCUT2D eigenvalue weighted by molar-refractivity contribution is 0.317. The second-order valence-corrected chi connectivity index (χ2v) is 3.93. The molecule has 0 aromatic rings. The first-order chi connectivity index (χ1) is 6.24. The third kappa shape index (κ3) is 4.89. The van der Waals surface area contributed by atoms with Crippen LogP contribution in [0.5, 0.6) is 0 Å². The molecule has 13 heavy (non-hydrogen) atoms. The van der Waals surface area contributed by atoms with E-state index in [2.05, 4.69) is 36.8 Å². The predicted octanol–water partition coefficient (Wildman–Crippen LogP) is 1.62. The average Bonchev–Trinajstić information content (AvgIpc) is 2.55. The van der Waals surface area contributed by atoms with Crippen LogP contribution in [-0.4, -0.2) is 42.9 Å². The first-order valence-electron chi connectivity index (χ1n) is 5.34. The van der Waals surface area contributed by atoms with Crippen LogP contribution in [-0.2, 0) is 0 Å². The van der Waals surface area contributed by atoms with Gasteiger partial charge < -0.3 is 10.2 Å². The minimum Gasteiger partial charge on any atom is -0.312 e. The number of likely N-dealkylation sites (N-methyl/N-ethyl adjacent to an activating group) is 1. The Morgan fingerprint density at radius 3 is 2.46 bits per heavy atom. The highest BCUT2D eigenvalue weighted by molar-refractivity contribution is 7.81. The number of nitrogens with zero attached hydrogens (tertiary/aromatic N) is 1. The van der Waals surface area contributed by atoms with Gasteiger partial charge in [0.15, 0.2) is 0 Å². The maximum Gasteiger partial charge on any atom is 0.0311 e. The molecular formula is C10H24N2S. The molecule has 1 heterocycles. The van der Waals surface area contributed by atoms with Crippen molar-refractivity contribution in [3.63, 3.8) is 0 Å². The van der Waals surface area contributed by atoms with Crippen molar-refractivity contribution in [3.05, 3.63) is 0 Å². The Kier molecular flexibility index (Phi) is 7.81. The van der Waals surface area contributed by atoms with Gasteiger partial charge in [0.2, 0.25) is 0 Å². The van der Waals surface area contributed by atoms with E-state index in [0.29, 0.717) is 11.3 Å². The molecule has 1 aliphatic heterocycles.